The summed E-state index contributed by atoms with van der Waals surface area (Å²) in [6.07, 6.45) is -1.44. The first-order chi connectivity index (χ1) is 8.72. The van der Waals surface area contributed by atoms with Gasteiger partial charge in [-0.15, -0.1) is 11.3 Å². The van der Waals surface area contributed by atoms with E-state index in [1.807, 2.05) is 0 Å². The molecule has 1 aromatic rings. The van der Waals surface area contributed by atoms with Crippen molar-refractivity contribution in [1.82, 2.24) is 4.72 Å². The van der Waals surface area contributed by atoms with Crippen LogP contribution >= 0.6 is 22.9 Å². The minimum atomic E-state index is -3.87. The minimum Gasteiger partial charge on any atom is -0.337 e. The second-order valence-corrected chi connectivity index (χ2v) is 7.58. The van der Waals surface area contributed by atoms with Crippen LogP contribution in [-0.2, 0) is 24.0 Å². The Kier molecular flexibility index (Phi) is 4.22. The summed E-state index contributed by atoms with van der Waals surface area (Å²) >= 11 is 7.18. The quantitative estimate of drug-likeness (QED) is 0.916. The van der Waals surface area contributed by atoms with Crippen molar-refractivity contribution in [1.29, 1.82) is 0 Å². The molecule has 1 N–H and O–H groups in total. The lowest BCUT2D eigenvalue weighted by Crippen LogP contribution is -2.39. The van der Waals surface area contributed by atoms with Gasteiger partial charge in [-0.2, -0.15) is 13.1 Å². The van der Waals surface area contributed by atoms with Crippen molar-refractivity contribution in [3.63, 3.8) is 0 Å². The molecule has 1 aliphatic rings. The maximum atomic E-state index is 11.5. The van der Waals surface area contributed by atoms with E-state index in [1.54, 1.807) is 26.0 Å². The van der Waals surface area contributed by atoms with E-state index in [0.717, 1.165) is 12.0 Å². The van der Waals surface area contributed by atoms with Crippen LogP contribution < -0.4 is 4.72 Å². The van der Waals surface area contributed by atoms with Gasteiger partial charge in [-0.05, 0) is 26.0 Å². The van der Waals surface area contributed by atoms with Crippen LogP contribution in [0.25, 0.3) is 0 Å². The van der Waals surface area contributed by atoms with Crippen LogP contribution in [0.2, 0.25) is 4.34 Å². The van der Waals surface area contributed by atoms with Gasteiger partial charge < -0.3 is 9.47 Å². The Balaban J connectivity index is 2.24. The topological polar surface area (TPSA) is 73.9 Å². The van der Waals surface area contributed by atoms with Gasteiger partial charge >= 0.3 is 10.3 Å². The van der Waals surface area contributed by atoms with Crippen molar-refractivity contribution in [2.75, 3.05) is 7.11 Å². The van der Waals surface area contributed by atoms with E-state index in [-0.39, 0.29) is 0 Å². The Morgan fingerprint density at radius 1 is 1.42 bits per heavy atom. The van der Waals surface area contributed by atoms with Gasteiger partial charge in [-0.1, -0.05) is 11.6 Å². The molecule has 6 nitrogen and oxygen atoms in total. The Morgan fingerprint density at radius 2 is 2.11 bits per heavy atom. The van der Waals surface area contributed by atoms with Gasteiger partial charge in [0.1, 0.15) is 6.10 Å². The molecule has 0 radical (unpaired) electrons. The summed E-state index contributed by atoms with van der Waals surface area (Å²) in [6.45, 7) is 3.41. The van der Waals surface area contributed by atoms with Crippen LogP contribution in [0, 0.1) is 0 Å². The van der Waals surface area contributed by atoms with Crippen LogP contribution in [0.4, 0.5) is 0 Å². The van der Waals surface area contributed by atoms with E-state index in [9.17, 15) is 8.42 Å². The van der Waals surface area contributed by atoms with Gasteiger partial charge in [0.05, 0.1) is 11.4 Å². The molecule has 2 atom stereocenters. The molecule has 1 fully saturated rings. The number of rotatable bonds is 4. The van der Waals surface area contributed by atoms with Crippen molar-refractivity contribution in [3.8, 4) is 0 Å². The molecule has 9 heteroatoms. The summed E-state index contributed by atoms with van der Waals surface area (Å²) in [5, 5.41) is 0. The SMILES string of the molecule is COS(=O)(=O)N[C@H]1OC(C)(C)O[C@H]1c1ccc(Cl)s1. The highest BCUT2D eigenvalue weighted by molar-refractivity contribution is 7.84. The summed E-state index contributed by atoms with van der Waals surface area (Å²) in [5.74, 6) is -0.901. The molecule has 0 amide bonds. The summed E-state index contributed by atoms with van der Waals surface area (Å²) in [6, 6.07) is 3.49. The first kappa shape index (κ1) is 15.2. The van der Waals surface area contributed by atoms with Crippen molar-refractivity contribution in [2.45, 2.75) is 32.0 Å². The lowest BCUT2D eigenvalue weighted by molar-refractivity contribution is -0.147. The summed E-state index contributed by atoms with van der Waals surface area (Å²) < 4.78 is 41.4. The Bertz CT molecular complexity index is 556. The van der Waals surface area contributed by atoms with Crippen LogP contribution in [0.5, 0.6) is 0 Å². The van der Waals surface area contributed by atoms with E-state index < -0.39 is 28.4 Å². The standard InChI is InChI=1S/C10H14ClNO5S2/c1-10(2)16-8(6-4-5-7(11)18-6)9(17-10)12-19(13,14)15-3/h4-5,8-9,12H,1-3H3/t8-,9-/m0/s1. The lowest BCUT2D eigenvalue weighted by Gasteiger charge is -2.16. The van der Waals surface area contributed by atoms with Gasteiger partial charge in [-0.3, -0.25) is 4.18 Å². The number of hydrogen-bond donors (Lipinski definition) is 1. The third-order valence-corrected chi connectivity index (χ3v) is 4.70. The monoisotopic (exact) mass is 327 g/mol. The Labute approximate surface area is 120 Å². The first-order valence-corrected chi connectivity index (χ1v) is 8.01. The second-order valence-electron chi connectivity index (χ2n) is 4.36. The van der Waals surface area contributed by atoms with Crippen molar-refractivity contribution in [3.05, 3.63) is 21.3 Å². The molecule has 19 heavy (non-hydrogen) atoms. The van der Waals surface area contributed by atoms with Crippen molar-refractivity contribution >= 4 is 33.2 Å². The maximum absolute atomic E-state index is 11.5. The summed E-state index contributed by atoms with van der Waals surface area (Å²) in [7, 11) is -2.80. The third-order valence-electron chi connectivity index (χ3n) is 2.45. The zero-order valence-corrected chi connectivity index (χ0v) is 12.9. The highest BCUT2D eigenvalue weighted by atomic mass is 35.5. The number of thiophene rings is 1. The Hall–Kier alpha value is -0.220. The molecule has 0 bridgehead atoms. The van der Waals surface area contributed by atoms with Crippen LogP contribution in [0.15, 0.2) is 12.1 Å². The van der Waals surface area contributed by atoms with Gasteiger partial charge in [0, 0.05) is 4.88 Å². The van der Waals surface area contributed by atoms with Crippen molar-refractivity contribution in [2.24, 2.45) is 0 Å². The molecule has 2 heterocycles. The fraction of sp³-hybridized carbons (Fsp3) is 0.600. The molecule has 0 aliphatic carbocycles. The van der Waals surface area contributed by atoms with Crippen LogP contribution in [0.1, 0.15) is 24.8 Å². The maximum Gasteiger partial charge on any atom is 0.337 e. The number of ether oxygens (including phenoxy) is 2. The fourth-order valence-corrected chi connectivity index (χ4v) is 3.40. The molecule has 1 saturated heterocycles. The normalized spacial score (nSPS) is 26.7. The fourth-order valence-electron chi connectivity index (χ4n) is 1.73. The van der Waals surface area contributed by atoms with Crippen molar-refractivity contribution < 1.29 is 22.1 Å². The average Bonchev–Trinajstić information content (AvgIpc) is 2.82. The molecule has 108 valence electrons. The van der Waals surface area contributed by atoms with Gasteiger partial charge in [0.15, 0.2) is 12.0 Å². The third kappa shape index (κ3) is 3.66. The predicted octanol–water partition coefficient (Wildman–Crippen LogP) is 2.03. The largest absolute Gasteiger partial charge is 0.337 e. The molecule has 0 spiro atoms. The molecular weight excluding hydrogens is 314 g/mol. The van der Waals surface area contributed by atoms with E-state index in [2.05, 4.69) is 8.91 Å². The molecule has 2 rings (SSSR count). The molecule has 0 aromatic carbocycles. The molecule has 1 aromatic heterocycles. The van der Waals surface area contributed by atoms with Crippen LogP contribution in [-0.4, -0.2) is 27.5 Å². The molecule has 0 unspecified atom stereocenters. The summed E-state index contributed by atoms with van der Waals surface area (Å²) in [4.78, 5) is 0.777. The first-order valence-electron chi connectivity index (χ1n) is 5.41. The molecular formula is C10H14ClNO5S2. The zero-order valence-electron chi connectivity index (χ0n) is 10.5. The highest BCUT2D eigenvalue weighted by Gasteiger charge is 2.44. The number of halogens is 1. The average molecular weight is 328 g/mol. The van der Waals surface area contributed by atoms with E-state index in [4.69, 9.17) is 21.1 Å². The molecule has 0 saturated carbocycles. The van der Waals surface area contributed by atoms with Gasteiger partial charge in [0.2, 0.25) is 0 Å². The van der Waals surface area contributed by atoms with Gasteiger partial charge in [-0.25, -0.2) is 0 Å². The van der Waals surface area contributed by atoms with E-state index in [0.29, 0.717) is 4.34 Å². The highest BCUT2D eigenvalue weighted by Crippen LogP contribution is 2.40. The number of hydrogen-bond acceptors (Lipinski definition) is 6. The summed E-state index contributed by atoms with van der Waals surface area (Å²) in [5.41, 5.74) is 0. The number of nitrogens with one attached hydrogen (secondary N) is 1. The van der Waals surface area contributed by atoms with E-state index in [1.165, 1.54) is 11.3 Å². The van der Waals surface area contributed by atoms with E-state index >= 15 is 0 Å². The lowest BCUT2D eigenvalue weighted by atomic mass is 10.3. The second kappa shape index (κ2) is 5.28. The Morgan fingerprint density at radius 3 is 2.63 bits per heavy atom. The minimum absolute atomic E-state index is 0.572. The van der Waals surface area contributed by atoms with Gasteiger partial charge in [0.25, 0.3) is 0 Å². The van der Waals surface area contributed by atoms with Crippen LogP contribution in [0.3, 0.4) is 0 Å². The smallest absolute Gasteiger partial charge is 0.337 e. The molecule has 1 aliphatic heterocycles. The zero-order chi connectivity index (χ0) is 14.3. The predicted molar refractivity (Wildman–Crippen MR) is 71.2 cm³/mol.